The van der Waals surface area contributed by atoms with E-state index in [9.17, 15) is 4.79 Å². The first kappa shape index (κ1) is 16.8. The molecule has 1 aliphatic carbocycles. The number of rotatable bonds is 5. The van der Waals surface area contributed by atoms with Crippen LogP contribution in [0.2, 0.25) is 0 Å². The van der Waals surface area contributed by atoms with E-state index in [1.54, 1.807) is 0 Å². The monoisotopic (exact) mass is 321 g/mol. The van der Waals surface area contributed by atoms with Gasteiger partial charge in [0, 0.05) is 6.42 Å². The van der Waals surface area contributed by atoms with Crippen molar-refractivity contribution in [2.75, 3.05) is 0 Å². The van der Waals surface area contributed by atoms with Crippen LogP contribution in [0.15, 0.2) is 42.5 Å². The third-order valence-electron chi connectivity index (χ3n) is 5.01. The molecule has 0 aliphatic heterocycles. The molecular weight excluding hydrogens is 294 g/mol. The normalized spacial score (nSPS) is 14.8. The molecule has 24 heavy (non-hydrogen) atoms. The summed E-state index contributed by atoms with van der Waals surface area (Å²) in [5, 5.41) is 3.15. The van der Waals surface area contributed by atoms with Crippen LogP contribution in [0, 0.1) is 6.92 Å². The lowest BCUT2D eigenvalue weighted by molar-refractivity contribution is -0.121. The van der Waals surface area contributed by atoms with Crippen molar-refractivity contribution in [3.8, 4) is 0 Å². The molecule has 126 valence electrons. The van der Waals surface area contributed by atoms with Gasteiger partial charge in [-0.2, -0.15) is 0 Å². The molecule has 1 aliphatic rings. The quantitative estimate of drug-likeness (QED) is 0.851. The summed E-state index contributed by atoms with van der Waals surface area (Å²) in [5.74, 6) is 0.126. The summed E-state index contributed by atoms with van der Waals surface area (Å²) in [7, 11) is 0. The molecule has 0 saturated heterocycles. The van der Waals surface area contributed by atoms with Crippen molar-refractivity contribution in [2.45, 2.75) is 58.4 Å². The summed E-state index contributed by atoms with van der Waals surface area (Å²) < 4.78 is 0. The number of benzene rings is 2. The molecule has 1 N–H and O–H groups in total. The molecule has 2 aromatic rings. The second kappa shape index (κ2) is 7.65. The molecule has 0 radical (unpaired) electrons. The molecule has 0 heterocycles. The number of amides is 1. The predicted octanol–water partition coefficient (Wildman–Crippen LogP) is 4.68. The molecule has 0 saturated carbocycles. The van der Waals surface area contributed by atoms with Gasteiger partial charge in [-0.1, -0.05) is 48.0 Å². The summed E-state index contributed by atoms with van der Waals surface area (Å²) in [4.78, 5) is 12.2. The van der Waals surface area contributed by atoms with Gasteiger partial charge < -0.3 is 5.32 Å². The van der Waals surface area contributed by atoms with Crippen molar-refractivity contribution < 1.29 is 4.79 Å². The van der Waals surface area contributed by atoms with Gasteiger partial charge in [-0.05, 0) is 68.2 Å². The third kappa shape index (κ3) is 4.25. The molecule has 0 unspecified atom stereocenters. The second-order valence-electron chi connectivity index (χ2n) is 7.01. The Kier molecular flexibility index (Phi) is 5.34. The van der Waals surface area contributed by atoms with Crippen LogP contribution in [0.3, 0.4) is 0 Å². The van der Waals surface area contributed by atoms with Crippen molar-refractivity contribution in [3.63, 3.8) is 0 Å². The van der Waals surface area contributed by atoms with Gasteiger partial charge in [-0.3, -0.25) is 4.79 Å². The highest BCUT2D eigenvalue weighted by atomic mass is 16.1. The lowest BCUT2D eigenvalue weighted by atomic mass is 9.89. The highest BCUT2D eigenvalue weighted by molar-refractivity contribution is 5.76. The van der Waals surface area contributed by atoms with Crippen LogP contribution in [-0.4, -0.2) is 5.91 Å². The number of hydrogen-bond donors (Lipinski definition) is 1. The van der Waals surface area contributed by atoms with Crippen molar-refractivity contribution in [1.29, 1.82) is 0 Å². The average Bonchev–Trinajstić information content (AvgIpc) is 2.61. The van der Waals surface area contributed by atoms with E-state index >= 15 is 0 Å². The number of aryl methyl sites for hydroxylation is 4. The molecule has 2 aromatic carbocycles. The predicted molar refractivity (Wildman–Crippen MR) is 99.1 cm³/mol. The van der Waals surface area contributed by atoms with Gasteiger partial charge in [0.1, 0.15) is 0 Å². The molecule has 0 aromatic heterocycles. The maximum atomic E-state index is 12.2. The van der Waals surface area contributed by atoms with Crippen LogP contribution in [0.4, 0.5) is 0 Å². The number of carbonyl (C=O) groups excluding carboxylic acids is 1. The Morgan fingerprint density at radius 1 is 1.04 bits per heavy atom. The lowest BCUT2D eigenvalue weighted by Crippen LogP contribution is -2.27. The Balaban J connectivity index is 1.55. The van der Waals surface area contributed by atoms with Crippen LogP contribution in [0.25, 0.3) is 0 Å². The third-order valence-corrected chi connectivity index (χ3v) is 5.01. The standard InChI is InChI=1S/C22H27NO/c1-16-7-9-18(10-8-16)11-14-22(24)23-17(2)20-13-12-19-5-3-4-6-21(19)15-20/h7-10,12-13,15,17H,3-6,11,14H2,1-2H3,(H,23,24)/t17-/m0/s1. The molecule has 2 heteroatoms. The van der Waals surface area contributed by atoms with E-state index in [-0.39, 0.29) is 11.9 Å². The Labute approximate surface area is 145 Å². The summed E-state index contributed by atoms with van der Waals surface area (Å²) in [6.07, 6.45) is 6.30. The van der Waals surface area contributed by atoms with E-state index < -0.39 is 0 Å². The van der Waals surface area contributed by atoms with Crippen molar-refractivity contribution in [2.24, 2.45) is 0 Å². The van der Waals surface area contributed by atoms with E-state index in [0.29, 0.717) is 6.42 Å². The first-order chi connectivity index (χ1) is 11.6. The first-order valence-corrected chi connectivity index (χ1v) is 9.08. The Morgan fingerprint density at radius 2 is 1.75 bits per heavy atom. The van der Waals surface area contributed by atoms with E-state index in [1.165, 1.54) is 53.5 Å². The number of fused-ring (bicyclic) bond motifs is 1. The zero-order valence-corrected chi connectivity index (χ0v) is 14.8. The molecule has 3 rings (SSSR count). The largest absolute Gasteiger partial charge is 0.350 e. The van der Waals surface area contributed by atoms with Gasteiger partial charge in [-0.25, -0.2) is 0 Å². The molecule has 0 fully saturated rings. The van der Waals surface area contributed by atoms with E-state index in [2.05, 4.69) is 61.6 Å². The highest BCUT2D eigenvalue weighted by Gasteiger charge is 2.14. The van der Waals surface area contributed by atoms with E-state index in [0.717, 1.165) is 6.42 Å². The molecule has 2 nitrogen and oxygen atoms in total. The summed E-state index contributed by atoms with van der Waals surface area (Å²) in [6.45, 7) is 4.16. The van der Waals surface area contributed by atoms with Crippen LogP contribution in [0.5, 0.6) is 0 Å². The van der Waals surface area contributed by atoms with Gasteiger partial charge in [0.25, 0.3) is 0 Å². The van der Waals surface area contributed by atoms with E-state index in [4.69, 9.17) is 0 Å². The van der Waals surface area contributed by atoms with Gasteiger partial charge in [0.15, 0.2) is 0 Å². The molecule has 0 bridgehead atoms. The fraction of sp³-hybridized carbons (Fsp3) is 0.409. The molecule has 0 spiro atoms. The topological polar surface area (TPSA) is 29.1 Å². The number of carbonyl (C=O) groups is 1. The van der Waals surface area contributed by atoms with Crippen LogP contribution in [-0.2, 0) is 24.1 Å². The fourth-order valence-corrected chi connectivity index (χ4v) is 3.43. The lowest BCUT2D eigenvalue weighted by Gasteiger charge is -2.20. The number of hydrogen-bond acceptors (Lipinski definition) is 1. The zero-order valence-electron chi connectivity index (χ0n) is 14.8. The SMILES string of the molecule is Cc1ccc(CCC(=O)N[C@@H](C)c2ccc3c(c2)CCCC3)cc1. The van der Waals surface area contributed by atoms with Crippen LogP contribution < -0.4 is 5.32 Å². The van der Waals surface area contributed by atoms with Gasteiger partial charge in [0.2, 0.25) is 5.91 Å². The minimum absolute atomic E-state index is 0.0720. The van der Waals surface area contributed by atoms with Gasteiger partial charge in [-0.15, -0.1) is 0 Å². The second-order valence-corrected chi connectivity index (χ2v) is 7.01. The smallest absolute Gasteiger partial charge is 0.220 e. The minimum atomic E-state index is 0.0720. The minimum Gasteiger partial charge on any atom is -0.350 e. The maximum absolute atomic E-state index is 12.2. The summed E-state index contributed by atoms with van der Waals surface area (Å²) in [6, 6.07) is 15.2. The Bertz CT molecular complexity index is 702. The average molecular weight is 321 g/mol. The highest BCUT2D eigenvalue weighted by Crippen LogP contribution is 2.24. The zero-order chi connectivity index (χ0) is 16.9. The summed E-state index contributed by atoms with van der Waals surface area (Å²) >= 11 is 0. The van der Waals surface area contributed by atoms with E-state index in [1.807, 2.05) is 0 Å². The van der Waals surface area contributed by atoms with Gasteiger partial charge >= 0.3 is 0 Å². The van der Waals surface area contributed by atoms with Crippen molar-refractivity contribution in [3.05, 3.63) is 70.3 Å². The molecular formula is C22H27NO. The maximum Gasteiger partial charge on any atom is 0.220 e. The van der Waals surface area contributed by atoms with Crippen molar-refractivity contribution >= 4 is 5.91 Å². The Morgan fingerprint density at radius 3 is 2.50 bits per heavy atom. The van der Waals surface area contributed by atoms with Crippen LogP contribution >= 0.6 is 0 Å². The fourth-order valence-electron chi connectivity index (χ4n) is 3.43. The van der Waals surface area contributed by atoms with Crippen molar-refractivity contribution in [1.82, 2.24) is 5.32 Å². The Hall–Kier alpha value is -2.09. The van der Waals surface area contributed by atoms with Crippen LogP contribution in [0.1, 0.15) is 60.0 Å². The first-order valence-electron chi connectivity index (χ1n) is 9.08. The number of nitrogens with one attached hydrogen (secondary N) is 1. The molecule has 1 amide bonds. The molecule has 1 atom stereocenters. The summed E-state index contributed by atoms with van der Waals surface area (Å²) in [5.41, 5.74) is 6.66. The van der Waals surface area contributed by atoms with Gasteiger partial charge in [0.05, 0.1) is 6.04 Å².